The van der Waals surface area contributed by atoms with Gasteiger partial charge in [-0.3, -0.25) is 4.79 Å². The molecule has 1 amide bonds. The summed E-state index contributed by atoms with van der Waals surface area (Å²) < 4.78 is 4.89. The molecule has 0 saturated carbocycles. The number of hydrogen-bond donors (Lipinski definition) is 2. The van der Waals surface area contributed by atoms with Crippen LogP contribution in [0.3, 0.4) is 0 Å². The topological polar surface area (TPSA) is 75.6 Å². The van der Waals surface area contributed by atoms with Gasteiger partial charge in [0.25, 0.3) is 0 Å². The van der Waals surface area contributed by atoms with Crippen LogP contribution < -0.4 is 5.32 Å². The molecule has 0 aromatic rings. The average molecular weight is 370 g/mol. The number of amides is 1. The summed E-state index contributed by atoms with van der Waals surface area (Å²) in [5, 5.41) is 10.6. The molecular formula is C21H39NO4. The van der Waals surface area contributed by atoms with Gasteiger partial charge >= 0.3 is 12.1 Å². The second-order valence-corrected chi connectivity index (χ2v) is 6.82. The smallest absolute Gasteiger partial charge is 0.407 e. The molecule has 152 valence electrons. The molecular weight excluding hydrogens is 330 g/mol. The Bertz CT molecular complexity index is 369. The number of nitrogens with one attached hydrogen (secondary N) is 1. The molecule has 0 aliphatic heterocycles. The molecule has 2 N–H and O–H groups in total. The number of ether oxygens (including phenoxy) is 1. The molecule has 0 spiro atoms. The third-order valence-electron chi connectivity index (χ3n) is 4.27. The largest absolute Gasteiger partial charge is 0.480 e. The van der Waals surface area contributed by atoms with E-state index < -0.39 is 18.6 Å². The number of hydrogen-bond acceptors (Lipinski definition) is 3. The highest BCUT2D eigenvalue weighted by molar-refractivity contribution is 5.76. The highest BCUT2D eigenvalue weighted by Gasteiger charge is 2.03. The van der Waals surface area contributed by atoms with Crippen LogP contribution in [0.5, 0.6) is 0 Å². The normalized spacial score (nSPS) is 11.0. The maximum atomic E-state index is 11.1. The van der Waals surface area contributed by atoms with E-state index in [4.69, 9.17) is 9.84 Å². The van der Waals surface area contributed by atoms with E-state index >= 15 is 0 Å². The molecule has 0 fully saturated rings. The molecule has 0 aliphatic rings. The second-order valence-electron chi connectivity index (χ2n) is 6.82. The van der Waals surface area contributed by atoms with E-state index in [0.717, 1.165) is 19.3 Å². The fourth-order valence-corrected chi connectivity index (χ4v) is 2.71. The highest BCUT2D eigenvalue weighted by atomic mass is 16.5. The average Bonchev–Trinajstić information content (AvgIpc) is 2.62. The molecule has 0 heterocycles. The van der Waals surface area contributed by atoms with Crippen molar-refractivity contribution >= 4 is 12.1 Å². The Morgan fingerprint density at radius 2 is 1.31 bits per heavy atom. The number of unbranched alkanes of at least 4 members (excludes halogenated alkanes) is 12. The number of carboxylic acid groups (broad SMARTS) is 1. The van der Waals surface area contributed by atoms with E-state index in [1.807, 2.05) is 0 Å². The highest BCUT2D eigenvalue weighted by Crippen LogP contribution is 2.09. The second kappa shape index (κ2) is 19.8. The molecule has 0 atom stereocenters. The summed E-state index contributed by atoms with van der Waals surface area (Å²) in [4.78, 5) is 21.4. The van der Waals surface area contributed by atoms with E-state index in [0.29, 0.717) is 6.61 Å². The molecule has 0 radical (unpaired) electrons. The van der Waals surface area contributed by atoms with Gasteiger partial charge in [-0.1, -0.05) is 76.9 Å². The van der Waals surface area contributed by atoms with Gasteiger partial charge in [-0.25, -0.2) is 4.79 Å². The number of carbonyl (C=O) groups is 2. The van der Waals surface area contributed by atoms with Crippen LogP contribution in [0, 0.1) is 0 Å². The molecule has 5 nitrogen and oxygen atoms in total. The molecule has 5 heteroatoms. The molecule has 0 bridgehead atoms. The fourth-order valence-electron chi connectivity index (χ4n) is 2.71. The van der Waals surface area contributed by atoms with Crippen LogP contribution in [0.1, 0.15) is 96.8 Å². The summed E-state index contributed by atoms with van der Waals surface area (Å²) in [7, 11) is 0. The standard InChI is InChI=1S/C21H39NO4/c1-2-3-4-5-6-7-8-9-10-11-12-13-14-15-16-17-18-26-21(25)22-19-20(23)24/h9-10H,2-8,11-19H2,1H3,(H,22,25)(H,23,24)/b10-9+. The maximum absolute atomic E-state index is 11.1. The van der Waals surface area contributed by atoms with Gasteiger partial charge in [0.05, 0.1) is 6.61 Å². The quantitative estimate of drug-likeness (QED) is 0.235. The van der Waals surface area contributed by atoms with Gasteiger partial charge in [-0.15, -0.1) is 0 Å². The summed E-state index contributed by atoms with van der Waals surface area (Å²) >= 11 is 0. The lowest BCUT2D eigenvalue weighted by Gasteiger charge is -2.05. The van der Waals surface area contributed by atoms with Crippen molar-refractivity contribution < 1.29 is 19.4 Å². The van der Waals surface area contributed by atoms with Gasteiger partial charge in [0.15, 0.2) is 0 Å². The van der Waals surface area contributed by atoms with Crippen molar-refractivity contribution in [1.29, 1.82) is 0 Å². The lowest BCUT2D eigenvalue weighted by molar-refractivity contribution is -0.135. The van der Waals surface area contributed by atoms with E-state index in [9.17, 15) is 9.59 Å². The number of carbonyl (C=O) groups excluding carboxylic acids is 1. The fraction of sp³-hybridized carbons (Fsp3) is 0.810. The molecule has 0 saturated heterocycles. The van der Waals surface area contributed by atoms with Crippen molar-refractivity contribution in [3.8, 4) is 0 Å². The zero-order valence-corrected chi connectivity index (χ0v) is 16.6. The lowest BCUT2D eigenvalue weighted by atomic mass is 10.1. The van der Waals surface area contributed by atoms with Crippen LogP contribution in [-0.2, 0) is 9.53 Å². The Morgan fingerprint density at radius 1 is 0.808 bits per heavy atom. The van der Waals surface area contributed by atoms with Crippen molar-refractivity contribution in [2.45, 2.75) is 96.8 Å². The zero-order valence-electron chi connectivity index (χ0n) is 16.6. The Kier molecular flexibility index (Phi) is 18.6. The molecule has 0 unspecified atom stereocenters. The maximum Gasteiger partial charge on any atom is 0.407 e. The molecule has 0 aromatic carbocycles. The number of allylic oxidation sites excluding steroid dienone is 2. The lowest BCUT2D eigenvalue weighted by Crippen LogP contribution is -2.30. The van der Waals surface area contributed by atoms with Crippen LogP contribution in [0.15, 0.2) is 12.2 Å². The number of rotatable bonds is 18. The van der Waals surface area contributed by atoms with Gasteiger partial charge in [0.1, 0.15) is 6.54 Å². The number of carboxylic acids is 1. The summed E-state index contributed by atoms with van der Waals surface area (Å²) in [5.41, 5.74) is 0. The summed E-state index contributed by atoms with van der Waals surface area (Å²) in [6.07, 6.45) is 21.4. The third-order valence-corrected chi connectivity index (χ3v) is 4.27. The summed E-state index contributed by atoms with van der Waals surface area (Å²) in [6.45, 7) is 2.21. The van der Waals surface area contributed by atoms with Crippen LogP contribution in [-0.4, -0.2) is 30.3 Å². The van der Waals surface area contributed by atoms with Crippen molar-refractivity contribution in [3.63, 3.8) is 0 Å². The minimum absolute atomic E-state index is 0.354. The van der Waals surface area contributed by atoms with E-state index in [-0.39, 0.29) is 0 Å². The number of aliphatic carboxylic acids is 1. The predicted molar refractivity (Wildman–Crippen MR) is 106 cm³/mol. The van der Waals surface area contributed by atoms with Crippen molar-refractivity contribution in [1.82, 2.24) is 5.32 Å². The van der Waals surface area contributed by atoms with E-state index in [1.54, 1.807) is 0 Å². The predicted octanol–water partition coefficient (Wildman–Crippen LogP) is 5.83. The Labute approximate surface area is 159 Å². The molecule has 26 heavy (non-hydrogen) atoms. The minimum Gasteiger partial charge on any atom is -0.480 e. The van der Waals surface area contributed by atoms with Crippen molar-refractivity contribution in [3.05, 3.63) is 12.2 Å². The van der Waals surface area contributed by atoms with Crippen LogP contribution in [0.4, 0.5) is 4.79 Å². The van der Waals surface area contributed by atoms with Gasteiger partial charge in [-0.2, -0.15) is 0 Å². The summed E-state index contributed by atoms with van der Waals surface area (Å²) in [5.74, 6) is -1.07. The first-order valence-corrected chi connectivity index (χ1v) is 10.4. The third kappa shape index (κ3) is 20.5. The van der Waals surface area contributed by atoms with Gasteiger partial charge in [-0.05, 0) is 32.1 Å². The Hall–Kier alpha value is -1.52. The van der Waals surface area contributed by atoms with E-state index in [2.05, 4.69) is 24.4 Å². The molecule has 0 aromatic heterocycles. The SMILES string of the molecule is CCCCCCCC/C=C/CCCCCCCCOC(=O)NCC(=O)O. The van der Waals surface area contributed by atoms with Gasteiger partial charge in [0.2, 0.25) is 0 Å². The first-order chi connectivity index (χ1) is 12.7. The van der Waals surface area contributed by atoms with E-state index in [1.165, 1.54) is 70.6 Å². The van der Waals surface area contributed by atoms with Gasteiger partial charge < -0.3 is 15.2 Å². The zero-order chi connectivity index (χ0) is 19.3. The molecule has 0 rings (SSSR count). The monoisotopic (exact) mass is 369 g/mol. The first kappa shape index (κ1) is 24.5. The van der Waals surface area contributed by atoms with Crippen molar-refractivity contribution in [2.24, 2.45) is 0 Å². The first-order valence-electron chi connectivity index (χ1n) is 10.4. The number of alkyl carbamates (subject to hydrolysis) is 1. The van der Waals surface area contributed by atoms with Crippen molar-refractivity contribution in [2.75, 3.05) is 13.2 Å². The summed E-state index contributed by atoms with van der Waals surface area (Å²) in [6, 6.07) is 0. The van der Waals surface area contributed by atoms with Crippen LogP contribution in [0.2, 0.25) is 0 Å². The Balaban J connectivity index is 3.18. The molecule has 0 aliphatic carbocycles. The van der Waals surface area contributed by atoms with Gasteiger partial charge in [0, 0.05) is 0 Å². The minimum atomic E-state index is -1.07. The van der Waals surface area contributed by atoms with Crippen LogP contribution >= 0.6 is 0 Å². The Morgan fingerprint density at radius 3 is 1.85 bits per heavy atom. The van der Waals surface area contributed by atoms with Crippen LogP contribution in [0.25, 0.3) is 0 Å².